The Labute approximate surface area is 274 Å². The van der Waals surface area contributed by atoms with E-state index in [1.54, 1.807) is 30.3 Å². The van der Waals surface area contributed by atoms with E-state index in [9.17, 15) is 16.8 Å². The molecule has 4 nitrogen and oxygen atoms in total. The van der Waals surface area contributed by atoms with Crippen molar-refractivity contribution >= 4 is 73.1 Å². The molecule has 0 N–H and O–H groups in total. The summed E-state index contributed by atoms with van der Waals surface area (Å²) >= 11 is 7.63. The average Bonchev–Trinajstić information content (AvgIpc) is 3.02. The van der Waals surface area contributed by atoms with Crippen LogP contribution in [-0.4, -0.2) is 29.3 Å². The second-order valence-corrected chi connectivity index (χ2v) is 16.0. The Hall–Kier alpha value is -3.30. The van der Waals surface area contributed by atoms with E-state index in [1.165, 1.54) is 12.5 Å². The fourth-order valence-corrected chi connectivity index (χ4v) is 8.38. The Balaban J connectivity index is 1.75. The zero-order valence-corrected chi connectivity index (χ0v) is 28.8. The summed E-state index contributed by atoms with van der Waals surface area (Å²) < 4.78 is 49.4. The van der Waals surface area contributed by atoms with Gasteiger partial charge in [-0.25, -0.2) is 16.8 Å². The zero-order chi connectivity index (χ0) is 31.2. The molecular weight excluding hydrogens is 720 g/mol. The highest BCUT2D eigenvalue weighted by Gasteiger charge is 2.23. The van der Waals surface area contributed by atoms with Crippen LogP contribution in [0.5, 0.6) is 0 Å². The highest BCUT2D eigenvalue weighted by atomic mass is 79.9. The Kier molecular flexibility index (Phi) is 8.30. The van der Waals surface area contributed by atoms with Crippen LogP contribution in [0.3, 0.4) is 0 Å². The SMILES string of the molecule is CS(=O)(=O)c1ccc(-c2cc3ccccc3c(-c3c(CBr)c(-c4cccc(S(C)(=O)=O)c4)cc4ccccc34)c2CBr)cc1. The van der Waals surface area contributed by atoms with E-state index in [-0.39, 0.29) is 9.79 Å². The van der Waals surface area contributed by atoms with Crippen molar-refractivity contribution in [1.82, 2.24) is 0 Å². The standard InChI is InChI=1S/C36H28Br2O4S2/c1-43(39,40)27-16-14-23(15-17-27)31-19-25-8-3-5-12-29(25)35(33(31)21-37)36-30-13-6-4-9-26(30)20-32(34(36)22-38)24-10-7-11-28(18-24)44(2,41)42/h3-20H,21-22H2,1-2H3. The molecular formula is C36H28Br2O4S2. The Morgan fingerprint density at radius 3 is 1.45 bits per heavy atom. The average molecular weight is 749 g/mol. The lowest BCUT2D eigenvalue weighted by molar-refractivity contribution is 0.600. The summed E-state index contributed by atoms with van der Waals surface area (Å²) in [6.45, 7) is 0. The molecule has 0 saturated heterocycles. The molecule has 0 aliphatic heterocycles. The third kappa shape index (κ3) is 5.65. The van der Waals surface area contributed by atoms with Crippen LogP contribution in [-0.2, 0) is 30.3 Å². The topological polar surface area (TPSA) is 68.3 Å². The van der Waals surface area contributed by atoms with Gasteiger partial charge in [-0.15, -0.1) is 0 Å². The molecule has 0 aliphatic rings. The van der Waals surface area contributed by atoms with Gasteiger partial charge in [-0.1, -0.05) is 105 Å². The number of halogens is 2. The van der Waals surface area contributed by atoms with E-state index >= 15 is 0 Å². The minimum Gasteiger partial charge on any atom is -0.224 e. The van der Waals surface area contributed by atoms with E-state index in [0.29, 0.717) is 10.7 Å². The molecule has 0 unspecified atom stereocenters. The summed E-state index contributed by atoms with van der Waals surface area (Å²) in [5, 5.41) is 5.37. The van der Waals surface area contributed by atoms with Gasteiger partial charge in [0.05, 0.1) is 9.79 Å². The molecule has 222 valence electrons. The second-order valence-electron chi connectivity index (χ2n) is 10.9. The van der Waals surface area contributed by atoms with Gasteiger partial charge in [-0.05, 0) is 102 Å². The number of hydrogen-bond donors (Lipinski definition) is 0. The third-order valence-corrected chi connectivity index (χ3v) is 11.4. The van der Waals surface area contributed by atoms with Gasteiger partial charge in [-0.3, -0.25) is 0 Å². The Morgan fingerprint density at radius 2 is 0.977 bits per heavy atom. The molecule has 0 spiro atoms. The number of benzene rings is 6. The fraction of sp³-hybridized carbons (Fsp3) is 0.111. The van der Waals surface area contributed by atoms with E-state index in [1.807, 2.05) is 42.5 Å². The largest absolute Gasteiger partial charge is 0.224 e. The van der Waals surface area contributed by atoms with Crippen LogP contribution < -0.4 is 0 Å². The van der Waals surface area contributed by atoms with Crippen molar-refractivity contribution in [1.29, 1.82) is 0 Å². The van der Waals surface area contributed by atoms with E-state index in [4.69, 9.17) is 0 Å². The predicted octanol–water partition coefficient (Wildman–Crippen LogP) is 9.59. The van der Waals surface area contributed by atoms with E-state index in [0.717, 1.165) is 66.1 Å². The van der Waals surface area contributed by atoms with Crippen LogP contribution >= 0.6 is 31.9 Å². The summed E-state index contributed by atoms with van der Waals surface area (Å²) in [6.07, 6.45) is 2.44. The molecule has 0 fully saturated rings. The molecule has 0 bridgehead atoms. The first-order chi connectivity index (χ1) is 21.0. The zero-order valence-electron chi connectivity index (χ0n) is 24.0. The molecule has 0 aromatic heterocycles. The van der Waals surface area contributed by atoms with E-state index < -0.39 is 19.7 Å². The van der Waals surface area contributed by atoms with Crippen LogP contribution in [0.25, 0.3) is 54.9 Å². The molecule has 6 rings (SSSR count). The number of rotatable bonds is 7. The molecule has 0 amide bonds. The number of hydrogen-bond acceptors (Lipinski definition) is 4. The molecule has 0 atom stereocenters. The second kappa shape index (κ2) is 11.9. The monoisotopic (exact) mass is 746 g/mol. The lowest BCUT2D eigenvalue weighted by Gasteiger charge is -2.23. The maximum atomic E-state index is 12.5. The van der Waals surface area contributed by atoms with Crippen LogP contribution in [0.4, 0.5) is 0 Å². The van der Waals surface area contributed by atoms with Gasteiger partial charge >= 0.3 is 0 Å². The first-order valence-corrected chi connectivity index (χ1v) is 19.9. The van der Waals surface area contributed by atoms with Crippen LogP contribution in [0.2, 0.25) is 0 Å². The van der Waals surface area contributed by atoms with Gasteiger partial charge < -0.3 is 0 Å². The number of sulfone groups is 2. The molecule has 8 heteroatoms. The third-order valence-electron chi connectivity index (χ3n) is 8.00. The van der Waals surface area contributed by atoms with Crippen LogP contribution in [0.1, 0.15) is 11.1 Å². The molecule has 6 aromatic rings. The molecule has 0 saturated carbocycles. The van der Waals surface area contributed by atoms with Gasteiger partial charge in [-0.2, -0.15) is 0 Å². The molecule has 0 heterocycles. The first-order valence-electron chi connectivity index (χ1n) is 13.8. The van der Waals surface area contributed by atoms with Gasteiger partial charge in [0, 0.05) is 23.2 Å². The Bertz CT molecular complexity index is 2290. The normalized spacial score (nSPS) is 12.2. The molecule has 0 radical (unpaired) electrons. The lowest BCUT2D eigenvalue weighted by Crippen LogP contribution is -2.01. The van der Waals surface area contributed by atoms with Crippen molar-refractivity contribution in [2.24, 2.45) is 0 Å². The quantitative estimate of drug-likeness (QED) is 0.153. The summed E-state index contributed by atoms with van der Waals surface area (Å²) in [7, 11) is -6.73. The van der Waals surface area contributed by atoms with Crippen molar-refractivity contribution in [2.75, 3.05) is 12.5 Å². The van der Waals surface area contributed by atoms with Crippen molar-refractivity contribution in [3.8, 4) is 33.4 Å². The first kappa shape index (κ1) is 30.7. The van der Waals surface area contributed by atoms with Gasteiger partial charge in [0.1, 0.15) is 0 Å². The maximum Gasteiger partial charge on any atom is 0.175 e. The molecule has 44 heavy (non-hydrogen) atoms. The van der Waals surface area contributed by atoms with Crippen LogP contribution in [0, 0.1) is 0 Å². The highest BCUT2D eigenvalue weighted by molar-refractivity contribution is 9.08. The fourth-order valence-electron chi connectivity index (χ4n) is 5.92. The summed E-state index contributed by atoms with van der Waals surface area (Å²) in [5.74, 6) is 0. The highest BCUT2D eigenvalue weighted by Crippen LogP contribution is 2.47. The predicted molar refractivity (Wildman–Crippen MR) is 189 cm³/mol. The summed E-state index contributed by atoms with van der Waals surface area (Å²) in [4.78, 5) is 0.551. The van der Waals surface area contributed by atoms with Crippen molar-refractivity contribution in [2.45, 2.75) is 20.5 Å². The van der Waals surface area contributed by atoms with Crippen molar-refractivity contribution < 1.29 is 16.8 Å². The van der Waals surface area contributed by atoms with Crippen LogP contribution in [0.15, 0.2) is 119 Å². The van der Waals surface area contributed by atoms with E-state index in [2.05, 4.69) is 68.3 Å². The minimum absolute atomic E-state index is 0.274. The lowest BCUT2D eigenvalue weighted by atomic mass is 9.82. The maximum absolute atomic E-state index is 12.5. The van der Waals surface area contributed by atoms with Crippen molar-refractivity contribution in [3.63, 3.8) is 0 Å². The Morgan fingerprint density at radius 1 is 0.500 bits per heavy atom. The smallest absolute Gasteiger partial charge is 0.175 e. The van der Waals surface area contributed by atoms with Gasteiger partial charge in [0.15, 0.2) is 19.7 Å². The summed E-state index contributed by atoms with van der Waals surface area (Å²) in [6, 6.07) is 35.1. The minimum atomic E-state index is -3.40. The van der Waals surface area contributed by atoms with Gasteiger partial charge in [0.25, 0.3) is 0 Å². The van der Waals surface area contributed by atoms with Crippen molar-refractivity contribution in [3.05, 3.63) is 120 Å². The summed E-state index contributed by atoms with van der Waals surface area (Å²) in [5.41, 5.74) is 7.97. The number of alkyl halides is 2. The molecule has 6 aromatic carbocycles. The molecule has 0 aliphatic carbocycles. The van der Waals surface area contributed by atoms with Gasteiger partial charge in [0.2, 0.25) is 0 Å². The number of fused-ring (bicyclic) bond motifs is 2.